The van der Waals surface area contributed by atoms with Crippen LogP contribution in [0, 0.1) is 26.7 Å². The monoisotopic (exact) mass is 331 g/mol. The molecule has 0 fully saturated rings. The quantitative estimate of drug-likeness (QED) is 0.892. The lowest BCUT2D eigenvalue weighted by atomic mass is 10.1. The van der Waals surface area contributed by atoms with Gasteiger partial charge in [-0.15, -0.1) is 11.3 Å². The molecule has 2 rings (SSSR count). The summed E-state index contributed by atoms with van der Waals surface area (Å²) in [6, 6.07) is 5.47. The molecule has 0 bridgehead atoms. The van der Waals surface area contributed by atoms with Gasteiger partial charge >= 0.3 is 0 Å². The van der Waals surface area contributed by atoms with Gasteiger partial charge in [-0.1, -0.05) is 19.9 Å². The van der Waals surface area contributed by atoms with Gasteiger partial charge in [0, 0.05) is 17.3 Å². The fraction of sp³-hybridized carbons (Fsp3) is 0.353. The van der Waals surface area contributed by atoms with Gasteiger partial charge in [-0.3, -0.25) is 9.59 Å². The van der Waals surface area contributed by atoms with E-state index >= 15 is 0 Å². The fourth-order valence-corrected chi connectivity index (χ4v) is 2.86. The molecule has 1 heterocycles. The molecule has 0 aliphatic carbocycles. The number of aryl methyl sites for hydroxylation is 3. The second-order valence-corrected chi connectivity index (χ2v) is 6.98. The Kier molecular flexibility index (Phi) is 5.15. The summed E-state index contributed by atoms with van der Waals surface area (Å²) in [5, 5.41) is 6.60. The molecule has 2 N–H and O–H groups in total. The number of nitrogens with one attached hydrogen (secondary N) is 2. The zero-order valence-corrected chi connectivity index (χ0v) is 14.8. The molecule has 0 unspecified atom stereocenters. The fourth-order valence-electron chi connectivity index (χ4n) is 2.04. The van der Waals surface area contributed by atoms with E-state index in [9.17, 15) is 9.59 Å². The third-order valence-corrected chi connectivity index (χ3v) is 4.46. The third kappa shape index (κ3) is 4.16. The lowest BCUT2D eigenvalue weighted by Crippen LogP contribution is -2.18. The molecule has 5 nitrogen and oxygen atoms in total. The van der Waals surface area contributed by atoms with Crippen LogP contribution in [0.15, 0.2) is 18.2 Å². The van der Waals surface area contributed by atoms with E-state index in [2.05, 4.69) is 15.6 Å². The van der Waals surface area contributed by atoms with Crippen molar-refractivity contribution in [3.8, 4) is 0 Å². The van der Waals surface area contributed by atoms with Crippen LogP contribution in [0.2, 0.25) is 0 Å². The second-order valence-electron chi connectivity index (χ2n) is 5.78. The van der Waals surface area contributed by atoms with Gasteiger partial charge in [-0.05, 0) is 38.5 Å². The Labute approximate surface area is 140 Å². The first-order chi connectivity index (χ1) is 10.8. The van der Waals surface area contributed by atoms with Crippen LogP contribution in [0.3, 0.4) is 0 Å². The van der Waals surface area contributed by atoms with Gasteiger partial charge in [0.15, 0.2) is 0 Å². The Morgan fingerprint density at radius 1 is 1.13 bits per heavy atom. The number of carbonyl (C=O) groups excluding carboxylic acids is 2. The minimum Gasteiger partial charge on any atom is -0.326 e. The van der Waals surface area contributed by atoms with Crippen LogP contribution in [-0.4, -0.2) is 16.8 Å². The van der Waals surface area contributed by atoms with Crippen LogP contribution in [0.25, 0.3) is 0 Å². The average Bonchev–Trinajstić information content (AvgIpc) is 2.81. The van der Waals surface area contributed by atoms with Crippen molar-refractivity contribution in [2.24, 2.45) is 5.92 Å². The second kappa shape index (κ2) is 6.91. The molecular weight excluding hydrogens is 310 g/mol. The summed E-state index contributed by atoms with van der Waals surface area (Å²) in [6.45, 7) is 9.28. The molecule has 0 spiro atoms. The number of benzene rings is 1. The number of carbonyl (C=O) groups is 2. The highest BCUT2D eigenvalue weighted by atomic mass is 32.1. The first kappa shape index (κ1) is 17.1. The number of anilines is 2. The Morgan fingerprint density at radius 2 is 1.83 bits per heavy atom. The van der Waals surface area contributed by atoms with Crippen LogP contribution in [0.1, 0.15) is 39.8 Å². The van der Waals surface area contributed by atoms with Crippen molar-refractivity contribution in [3.63, 3.8) is 0 Å². The topological polar surface area (TPSA) is 71.1 Å². The van der Waals surface area contributed by atoms with E-state index in [1.807, 2.05) is 46.8 Å². The molecule has 0 atom stereocenters. The minimum atomic E-state index is -0.177. The molecule has 0 radical (unpaired) electrons. The molecule has 0 aliphatic heterocycles. The lowest BCUT2D eigenvalue weighted by Gasteiger charge is -2.12. The van der Waals surface area contributed by atoms with Crippen LogP contribution >= 0.6 is 11.3 Å². The van der Waals surface area contributed by atoms with Crippen molar-refractivity contribution in [2.45, 2.75) is 34.6 Å². The van der Waals surface area contributed by atoms with E-state index < -0.39 is 0 Å². The summed E-state index contributed by atoms with van der Waals surface area (Å²) in [7, 11) is 0. The standard InChI is InChI=1S/C17H21N3O2S/c1-9(2)16(21)19-13-7-6-10(3)14(8-13)20-17(22)15-11(4)18-12(5)23-15/h6-9H,1-5H3,(H,19,21)(H,20,22). The van der Waals surface area contributed by atoms with Gasteiger partial charge in [0.05, 0.1) is 10.7 Å². The summed E-state index contributed by atoms with van der Waals surface area (Å²) in [6.07, 6.45) is 0. The summed E-state index contributed by atoms with van der Waals surface area (Å²) in [4.78, 5) is 29.1. The molecule has 6 heteroatoms. The molecule has 0 saturated heterocycles. The molecule has 2 aromatic rings. The molecular formula is C17H21N3O2S. The molecule has 1 aromatic carbocycles. The smallest absolute Gasteiger partial charge is 0.267 e. The Hall–Kier alpha value is -2.21. The maximum atomic E-state index is 12.4. The van der Waals surface area contributed by atoms with E-state index in [1.54, 1.807) is 6.07 Å². The summed E-state index contributed by atoms with van der Waals surface area (Å²) in [5.41, 5.74) is 3.01. The number of rotatable bonds is 4. The maximum Gasteiger partial charge on any atom is 0.267 e. The maximum absolute atomic E-state index is 12.4. The third-order valence-electron chi connectivity index (χ3n) is 3.39. The normalized spacial score (nSPS) is 10.7. The lowest BCUT2D eigenvalue weighted by molar-refractivity contribution is -0.118. The number of amides is 2. The first-order valence-electron chi connectivity index (χ1n) is 7.45. The van der Waals surface area contributed by atoms with Gasteiger partial charge in [0.2, 0.25) is 5.91 Å². The largest absolute Gasteiger partial charge is 0.326 e. The minimum absolute atomic E-state index is 0.0555. The highest BCUT2D eigenvalue weighted by molar-refractivity contribution is 7.13. The molecule has 23 heavy (non-hydrogen) atoms. The van der Waals surface area contributed by atoms with Crippen molar-refractivity contribution in [1.29, 1.82) is 0 Å². The van der Waals surface area contributed by atoms with Crippen LogP contribution in [-0.2, 0) is 4.79 Å². The highest BCUT2D eigenvalue weighted by Gasteiger charge is 2.15. The molecule has 0 saturated carbocycles. The van der Waals surface area contributed by atoms with Crippen molar-refractivity contribution < 1.29 is 9.59 Å². The van der Waals surface area contributed by atoms with E-state index in [0.717, 1.165) is 16.3 Å². The van der Waals surface area contributed by atoms with Gasteiger partial charge in [0.25, 0.3) is 5.91 Å². The van der Waals surface area contributed by atoms with E-state index in [0.29, 0.717) is 16.3 Å². The van der Waals surface area contributed by atoms with Gasteiger partial charge < -0.3 is 10.6 Å². The molecule has 0 aliphatic rings. The van der Waals surface area contributed by atoms with Gasteiger partial charge in [-0.25, -0.2) is 4.98 Å². The van der Waals surface area contributed by atoms with Crippen LogP contribution in [0.5, 0.6) is 0 Å². The summed E-state index contributed by atoms with van der Waals surface area (Å²) >= 11 is 1.37. The van der Waals surface area contributed by atoms with Crippen LogP contribution in [0.4, 0.5) is 11.4 Å². The first-order valence-corrected chi connectivity index (χ1v) is 8.26. The van der Waals surface area contributed by atoms with E-state index in [-0.39, 0.29) is 17.7 Å². The predicted molar refractivity (Wildman–Crippen MR) is 94.2 cm³/mol. The number of aromatic nitrogens is 1. The van der Waals surface area contributed by atoms with Crippen molar-refractivity contribution in [3.05, 3.63) is 39.3 Å². The predicted octanol–water partition coefficient (Wildman–Crippen LogP) is 3.92. The van der Waals surface area contributed by atoms with Crippen molar-refractivity contribution in [1.82, 2.24) is 4.98 Å². The number of nitrogens with zero attached hydrogens (tertiary/aromatic N) is 1. The zero-order valence-electron chi connectivity index (χ0n) is 14.0. The summed E-state index contributed by atoms with van der Waals surface area (Å²) in [5.74, 6) is -0.333. The van der Waals surface area contributed by atoms with E-state index in [1.165, 1.54) is 11.3 Å². The average molecular weight is 331 g/mol. The summed E-state index contributed by atoms with van der Waals surface area (Å²) < 4.78 is 0. The van der Waals surface area contributed by atoms with Crippen LogP contribution < -0.4 is 10.6 Å². The SMILES string of the molecule is Cc1nc(C)c(C(=O)Nc2cc(NC(=O)C(C)C)ccc2C)s1. The number of thiazole rings is 1. The number of hydrogen-bond donors (Lipinski definition) is 2. The van der Waals surface area contributed by atoms with Gasteiger partial charge in [-0.2, -0.15) is 0 Å². The Balaban J connectivity index is 2.20. The van der Waals surface area contributed by atoms with E-state index in [4.69, 9.17) is 0 Å². The number of hydrogen-bond acceptors (Lipinski definition) is 4. The van der Waals surface area contributed by atoms with Crippen molar-refractivity contribution >= 4 is 34.5 Å². The Bertz CT molecular complexity index is 750. The molecule has 122 valence electrons. The molecule has 1 aromatic heterocycles. The Morgan fingerprint density at radius 3 is 2.39 bits per heavy atom. The van der Waals surface area contributed by atoms with Crippen molar-refractivity contribution in [2.75, 3.05) is 10.6 Å². The molecule has 2 amide bonds. The highest BCUT2D eigenvalue weighted by Crippen LogP contribution is 2.24. The zero-order chi connectivity index (χ0) is 17.1. The van der Waals surface area contributed by atoms with Gasteiger partial charge in [0.1, 0.15) is 4.88 Å².